The lowest BCUT2D eigenvalue weighted by Gasteiger charge is -2.25. The smallest absolute Gasteiger partial charge is 0.326 e. The van der Waals surface area contributed by atoms with Crippen LogP contribution >= 0.6 is 0 Å². The number of amides is 2. The highest BCUT2D eigenvalue weighted by Crippen LogP contribution is 2.24. The second-order valence-electron chi connectivity index (χ2n) is 5.21. The molecule has 20 heavy (non-hydrogen) atoms. The van der Waals surface area contributed by atoms with Crippen LogP contribution < -0.4 is 5.32 Å². The summed E-state index contributed by atoms with van der Waals surface area (Å²) in [5.41, 5.74) is 0. The maximum atomic E-state index is 12.2. The van der Waals surface area contributed by atoms with Gasteiger partial charge in [-0.15, -0.1) is 10.2 Å². The largest absolute Gasteiger partial charge is 0.480 e. The molecule has 8 nitrogen and oxygen atoms in total. The fourth-order valence-corrected chi connectivity index (χ4v) is 2.57. The highest BCUT2D eigenvalue weighted by molar-refractivity contribution is 5.83. The van der Waals surface area contributed by atoms with E-state index in [1.54, 1.807) is 24.9 Å². The van der Waals surface area contributed by atoms with Crippen molar-refractivity contribution in [2.24, 2.45) is 13.0 Å². The number of carbonyl (C=O) groups is 2. The number of urea groups is 1. The molecular formula is C12H19N5O3. The van der Waals surface area contributed by atoms with Crippen molar-refractivity contribution in [1.29, 1.82) is 0 Å². The Hall–Kier alpha value is -2.12. The van der Waals surface area contributed by atoms with E-state index in [0.717, 1.165) is 0 Å². The molecule has 3 atom stereocenters. The van der Waals surface area contributed by atoms with Crippen molar-refractivity contribution in [3.05, 3.63) is 12.2 Å². The lowest BCUT2D eigenvalue weighted by molar-refractivity contribution is -0.142. The number of aromatic nitrogens is 3. The molecule has 0 aromatic carbocycles. The molecule has 0 aliphatic carbocycles. The number of carboxylic acids is 1. The summed E-state index contributed by atoms with van der Waals surface area (Å²) in [7, 11) is 1.79. The number of carboxylic acid groups (broad SMARTS) is 1. The first-order valence-electron chi connectivity index (χ1n) is 6.55. The minimum absolute atomic E-state index is 0.0385. The molecule has 1 aromatic heterocycles. The fraction of sp³-hybridized carbons (Fsp3) is 0.667. The molecule has 0 spiro atoms. The van der Waals surface area contributed by atoms with Crippen LogP contribution in [0.1, 0.15) is 32.1 Å². The van der Waals surface area contributed by atoms with Gasteiger partial charge in [-0.1, -0.05) is 6.92 Å². The van der Waals surface area contributed by atoms with Crippen LogP contribution in [0, 0.1) is 5.92 Å². The summed E-state index contributed by atoms with van der Waals surface area (Å²) in [6.45, 7) is 4.09. The van der Waals surface area contributed by atoms with Crippen molar-refractivity contribution in [1.82, 2.24) is 25.0 Å². The highest BCUT2D eigenvalue weighted by atomic mass is 16.4. The molecule has 1 aromatic rings. The molecule has 0 radical (unpaired) electrons. The molecule has 0 saturated carbocycles. The second kappa shape index (κ2) is 5.48. The Morgan fingerprint density at radius 2 is 2.25 bits per heavy atom. The molecule has 2 amide bonds. The molecule has 1 aliphatic heterocycles. The van der Waals surface area contributed by atoms with Crippen LogP contribution in [0.3, 0.4) is 0 Å². The standard InChI is InChI=1S/C12H19N5O3/c1-7-4-5-17(9(7)11(18)19)12(20)14-8(2)10-15-13-6-16(10)3/h6-9H,4-5H2,1-3H3,(H,14,20)(H,18,19). The lowest BCUT2D eigenvalue weighted by Crippen LogP contribution is -2.48. The lowest BCUT2D eigenvalue weighted by atomic mass is 10.0. The normalized spacial score (nSPS) is 23.6. The Labute approximate surface area is 116 Å². The predicted molar refractivity (Wildman–Crippen MR) is 69.9 cm³/mol. The van der Waals surface area contributed by atoms with Gasteiger partial charge in [0.15, 0.2) is 5.82 Å². The van der Waals surface area contributed by atoms with E-state index in [1.807, 2.05) is 6.92 Å². The van der Waals surface area contributed by atoms with E-state index >= 15 is 0 Å². The topological polar surface area (TPSA) is 100 Å². The van der Waals surface area contributed by atoms with Crippen LogP contribution in [0.5, 0.6) is 0 Å². The average Bonchev–Trinajstić information content (AvgIpc) is 2.94. The quantitative estimate of drug-likeness (QED) is 0.834. The van der Waals surface area contributed by atoms with E-state index < -0.39 is 12.0 Å². The maximum Gasteiger partial charge on any atom is 0.326 e. The summed E-state index contributed by atoms with van der Waals surface area (Å²) in [6.07, 6.45) is 2.25. The van der Waals surface area contributed by atoms with Gasteiger partial charge in [0, 0.05) is 13.6 Å². The van der Waals surface area contributed by atoms with Crippen molar-refractivity contribution in [3.8, 4) is 0 Å². The molecular weight excluding hydrogens is 262 g/mol. The van der Waals surface area contributed by atoms with Gasteiger partial charge in [-0.05, 0) is 19.3 Å². The molecule has 3 unspecified atom stereocenters. The number of likely N-dealkylation sites (tertiary alicyclic amines) is 1. The number of hydrogen-bond donors (Lipinski definition) is 2. The fourth-order valence-electron chi connectivity index (χ4n) is 2.57. The van der Waals surface area contributed by atoms with Crippen LogP contribution in [0.15, 0.2) is 6.33 Å². The molecule has 2 N–H and O–H groups in total. The SMILES string of the molecule is CC(NC(=O)N1CCC(C)C1C(=O)O)c1nncn1C. The van der Waals surface area contributed by atoms with Crippen molar-refractivity contribution >= 4 is 12.0 Å². The van der Waals surface area contributed by atoms with Crippen molar-refractivity contribution in [3.63, 3.8) is 0 Å². The second-order valence-corrected chi connectivity index (χ2v) is 5.21. The van der Waals surface area contributed by atoms with Gasteiger partial charge in [0.25, 0.3) is 0 Å². The minimum atomic E-state index is -0.962. The first-order valence-corrected chi connectivity index (χ1v) is 6.55. The number of aryl methyl sites for hydroxylation is 1. The molecule has 110 valence electrons. The number of carbonyl (C=O) groups excluding carboxylic acids is 1. The van der Waals surface area contributed by atoms with Gasteiger partial charge >= 0.3 is 12.0 Å². The third kappa shape index (κ3) is 2.59. The number of aliphatic carboxylic acids is 1. The maximum absolute atomic E-state index is 12.2. The third-order valence-corrected chi connectivity index (χ3v) is 3.69. The van der Waals surface area contributed by atoms with E-state index in [4.69, 9.17) is 0 Å². The Balaban J connectivity index is 2.05. The number of hydrogen-bond acceptors (Lipinski definition) is 4. The Morgan fingerprint density at radius 3 is 2.80 bits per heavy atom. The van der Waals surface area contributed by atoms with E-state index in [0.29, 0.717) is 18.8 Å². The third-order valence-electron chi connectivity index (χ3n) is 3.69. The minimum Gasteiger partial charge on any atom is -0.480 e. The Kier molecular flexibility index (Phi) is 3.91. The summed E-state index contributed by atoms with van der Waals surface area (Å²) in [5.74, 6) is -0.377. The van der Waals surface area contributed by atoms with E-state index in [9.17, 15) is 14.7 Å². The van der Waals surface area contributed by atoms with Crippen LogP contribution in [-0.2, 0) is 11.8 Å². The Morgan fingerprint density at radius 1 is 1.55 bits per heavy atom. The van der Waals surface area contributed by atoms with Crippen molar-refractivity contribution in [2.75, 3.05) is 6.54 Å². The first kappa shape index (κ1) is 14.3. The van der Waals surface area contributed by atoms with Gasteiger partial charge < -0.3 is 19.9 Å². The van der Waals surface area contributed by atoms with Gasteiger partial charge in [-0.25, -0.2) is 9.59 Å². The molecule has 8 heteroatoms. The van der Waals surface area contributed by atoms with Crippen LogP contribution in [0.4, 0.5) is 4.79 Å². The van der Waals surface area contributed by atoms with Gasteiger partial charge in [0.2, 0.25) is 0 Å². The molecule has 2 rings (SSSR count). The number of nitrogens with one attached hydrogen (secondary N) is 1. The molecule has 0 bridgehead atoms. The monoisotopic (exact) mass is 281 g/mol. The average molecular weight is 281 g/mol. The highest BCUT2D eigenvalue weighted by Gasteiger charge is 2.39. The number of rotatable bonds is 3. The van der Waals surface area contributed by atoms with Crippen molar-refractivity contribution < 1.29 is 14.7 Å². The van der Waals surface area contributed by atoms with Gasteiger partial charge in [-0.3, -0.25) is 0 Å². The van der Waals surface area contributed by atoms with Crippen molar-refractivity contribution in [2.45, 2.75) is 32.4 Å². The zero-order chi connectivity index (χ0) is 14.9. The van der Waals surface area contributed by atoms with Crippen LogP contribution in [-0.4, -0.2) is 49.4 Å². The summed E-state index contributed by atoms with van der Waals surface area (Å²) >= 11 is 0. The predicted octanol–water partition coefficient (Wildman–Crippen LogP) is 0.381. The van der Waals surface area contributed by atoms with E-state index in [-0.39, 0.29) is 18.0 Å². The number of nitrogens with zero attached hydrogens (tertiary/aromatic N) is 4. The molecule has 2 heterocycles. The summed E-state index contributed by atoms with van der Waals surface area (Å²) in [4.78, 5) is 24.8. The van der Waals surface area contributed by atoms with Gasteiger partial charge in [-0.2, -0.15) is 0 Å². The summed E-state index contributed by atoms with van der Waals surface area (Å²) in [5, 5.41) is 19.7. The molecule has 1 aliphatic rings. The van der Waals surface area contributed by atoms with E-state index in [1.165, 1.54) is 4.90 Å². The zero-order valence-electron chi connectivity index (χ0n) is 11.8. The Bertz CT molecular complexity index is 515. The molecule has 1 saturated heterocycles. The van der Waals surface area contributed by atoms with E-state index in [2.05, 4.69) is 15.5 Å². The van der Waals surface area contributed by atoms with Crippen LogP contribution in [0.25, 0.3) is 0 Å². The summed E-state index contributed by atoms with van der Waals surface area (Å²) < 4.78 is 1.71. The molecule has 1 fully saturated rings. The first-order chi connectivity index (χ1) is 9.41. The summed E-state index contributed by atoms with van der Waals surface area (Å²) in [6, 6.07) is -1.47. The zero-order valence-corrected chi connectivity index (χ0v) is 11.8. The van der Waals surface area contributed by atoms with Crippen LogP contribution in [0.2, 0.25) is 0 Å². The van der Waals surface area contributed by atoms with Gasteiger partial charge in [0.05, 0.1) is 6.04 Å². The van der Waals surface area contributed by atoms with Gasteiger partial charge in [0.1, 0.15) is 12.4 Å².